The number of piperidine rings is 2. The smallest absolute Gasteiger partial charge is 0.161 e. The minimum absolute atomic E-state index is 0.312. The highest BCUT2D eigenvalue weighted by Gasteiger charge is 2.21. The van der Waals surface area contributed by atoms with Gasteiger partial charge in [0, 0.05) is 19.6 Å². The summed E-state index contributed by atoms with van der Waals surface area (Å²) < 4.78 is 11.8. The Morgan fingerprint density at radius 1 is 1.14 bits per heavy atom. The lowest BCUT2D eigenvalue weighted by molar-refractivity contribution is 0.111. The molecule has 0 saturated carbocycles. The molecule has 122 valence electrons. The standard InChI is InChI=1S/C18H28N2O2/c1-20-10-7-16(8-11-20)22-17-6-5-14(12-18(17)21-2)15-4-3-9-19-13-15/h5-6,12,15-16,19H,3-4,7-11,13H2,1-2H3. The molecular weight excluding hydrogens is 276 g/mol. The van der Waals surface area contributed by atoms with E-state index in [2.05, 4.69) is 35.5 Å². The maximum Gasteiger partial charge on any atom is 0.161 e. The van der Waals surface area contributed by atoms with Crippen molar-refractivity contribution in [2.75, 3.05) is 40.3 Å². The molecule has 0 aliphatic carbocycles. The molecule has 1 aromatic rings. The highest BCUT2D eigenvalue weighted by Crippen LogP contribution is 2.34. The van der Waals surface area contributed by atoms with Gasteiger partial charge >= 0.3 is 0 Å². The summed E-state index contributed by atoms with van der Waals surface area (Å²) in [6.07, 6.45) is 5.00. The summed E-state index contributed by atoms with van der Waals surface area (Å²) in [7, 11) is 3.91. The third-order valence-electron chi connectivity index (χ3n) is 4.92. The Hall–Kier alpha value is -1.26. The molecule has 0 bridgehead atoms. The molecule has 0 spiro atoms. The van der Waals surface area contributed by atoms with Crippen molar-refractivity contribution in [2.24, 2.45) is 0 Å². The zero-order chi connectivity index (χ0) is 15.4. The van der Waals surface area contributed by atoms with Crippen molar-refractivity contribution in [1.29, 1.82) is 0 Å². The number of rotatable bonds is 4. The first-order chi connectivity index (χ1) is 10.8. The van der Waals surface area contributed by atoms with Gasteiger partial charge in [-0.2, -0.15) is 0 Å². The lowest BCUT2D eigenvalue weighted by Gasteiger charge is -2.30. The van der Waals surface area contributed by atoms with Gasteiger partial charge in [-0.1, -0.05) is 6.07 Å². The number of methoxy groups -OCH3 is 1. The summed E-state index contributed by atoms with van der Waals surface area (Å²) in [4.78, 5) is 2.36. The van der Waals surface area contributed by atoms with Gasteiger partial charge in [-0.05, 0) is 62.9 Å². The fourth-order valence-corrected chi connectivity index (χ4v) is 3.45. The maximum atomic E-state index is 6.20. The van der Waals surface area contributed by atoms with Crippen molar-refractivity contribution in [2.45, 2.75) is 37.7 Å². The number of benzene rings is 1. The Kier molecular flexibility index (Phi) is 5.21. The minimum Gasteiger partial charge on any atom is -0.493 e. The van der Waals surface area contributed by atoms with Crippen molar-refractivity contribution in [3.8, 4) is 11.5 Å². The van der Waals surface area contributed by atoms with E-state index in [-0.39, 0.29) is 0 Å². The molecule has 1 atom stereocenters. The first-order valence-electron chi connectivity index (χ1n) is 8.50. The molecule has 4 heteroatoms. The minimum atomic E-state index is 0.312. The molecule has 2 aliphatic heterocycles. The van der Waals surface area contributed by atoms with Crippen LogP contribution in [0.25, 0.3) is 0 Å². The average Bonchev–Trinajstić information content (AvgIpc) is 2.58. The van der Waals surface area contributed by atoms with Gasteiger partial charge in [0.05, 0.1) is 7.11 Å². The Morgan fingerprint density at radius 3 is 2.64 bits per heavy atom. The number of hydrogen-bond donors (Lipinski definition) is 1. The number of nitrogens with zero attached hydrogens (tertiary/aromatic N) is 1. The second-order valence-electron chi connectivity index (χ2n) is 6.57. The number of hydrogen-bond acceptors (Lipinski definition) is 4. The third-order valence-corrected chi connectivity index (χ3v) is 4.92. The Balaban J connectivity index is 1.68. The number of ether oxygens (including phenoxy) is 2. The van der Waals surface area contributed by atoms with Gasteiger partial charge in [0.25, 0.3) is 0 Å². The summed E-state index contributed by atoms with van der Waals surface area (Å²) >= 11 is 0. The quantitative estimate of drug-likeness (QED) is 0.927. The topological polar surface area (TPSA) is 33.7 Å². The molecule has 3 rings (SSSR count). The number of nitrogens with one attached hydrogen (secondary N) is 1. The van der Waals surface area contributed by atoms with Crippen LogP contribution in [0.15, 0.2) is 18.2 Å². The van der Waals surface area contributed by atoms with Gasteiger partial charge in [0.2, 0.25) is 0 Å². The van der Waals surface area contributed by atoms with Gasteiger partial charge in [-0.15, -0.1) is 0 Å². The number of likely N-dealkylation sites (tertiary alicyclic amines) is 1. The van der Waals surface area contributed by atoms with E-state index in [9.17, 15) is 0 Å². The van der Waals surface area contributed by atoms with Crippen molar-refractivity contribution in [3.63, 3.8) is 0 Å². The Labute approximate surface area is 133 Å². The SMILES string of the molecule is COc1cc(C2CCCNC2)ccc1OC1CCN(C)CC1. The largest absolute Gasteiger partial charge is 0.493 e. The molecule has 0 aromatic heterocycles. The molecule has 1 N–H and O–H groups in total. The average molecular weight is 304 g/mol. The zero-order valence-corrected chi connectivity index (χ0v) is 13.8. The molecule has 4 nitrogen and oxygen atoms in total. The van der Waals surface area contributed by atoms with Crippen molar-refractivity contribution >= 4 is 0 Å². The monoisotopic (exact) mass is 304 g/mol. The predicted octanol–water partition coefficient (Wildman–Crippen LogP) is 2.64. The summed E-state index contributed by atoms with van der Waals surface area (Å²) in [5.41, 5.74) is 1.36. The van der Waals surface area contributed by atoms with Gasteiger partial charge in [0.15, 0.2) is 11.5 Å². The van der Waals surface area contributed by atoms with Crippen LogP contribution in [-0.2, 0) is 0 Å². The first-order valence-corrected chi connectivity index (χ1v) is 8.50. The molecular formula is C18H28N2O2. The van der Waals surface area contributed by atoms with E-state index in [1.807, 2.05) is 0 Å². The highest BCUT2D eigenvalue weighted by atomic mass is 16.5. The fourth-order valence-electron chi connectivity index (χ4n) is 3.45. The van der Waals surface area contributed by atoms with Gasteiger partial charge in [0.1, 0.15) is 6.10 Å². The van der Waals surface area contributed by atoms with Crippen molar-refractivity contribution in [3.05, 3.63) is 23.8 Å². The molecule has 0 amide bonds. The summed E-state index contributed by atoms with van der Waals surface area (Å²) in [6, 6.07) is 6.48. The highest BCUT2D eigenvalue weighted by molar-refractivity contribution is 5.44. The normalized spacial score (nSPS) is 24.2. The molecule has 22 heavy (non-hydrogen) atoms. The van der Waals surface area contributed by atoms with Gasteiger partial charge in [-0.25, -0.2) is 0 Å². The summed E-state index contributed by atoms with van der Waals surface area (Å²) in [5.74, 6) is 2.37. The van der Waals surface area contributed by atoms with E-state index >= 15 is 0 Å². The molecule has 1 aromatic carbocycles. The lowest BCUT2D eigenvalue weighted by atomic mass is 9.91. The third kappa shape index (κ3) is 3.73. The van der Waals surface area contributed by atoms with Crippen LogP contribution in [0.3, 0.4) is 0 Å². The second kappa shape index (κ2) is 7.34. The van der Waals surface area contributed by atoms with E-state index in [0.717, 1.165) is 50.5 Å². The van der Waals surface area contributed by atoms with E-state index in [1.165, 1.54) is 18.4 Å². The summed E-state index contributed by atoms with van der Waals surface area (Å²) in [5, 5.41) is 3.48. The Bertz CT molecular complexity index is 478. The zero-order valence-electron chi connectivity index (χ0n) is 13.8. The van der Waals surface area contributed by atoms with Crippen LogP contribution in [0.5, 0.6) is 11.5 Å². The van der Waals surface area contributed by atoms with Crippen LogP contribution in [0.1, 0.15) is 37.2 Å². The molecule has 0 radical (unpaired) electrons. The molecule has 2 aliphatic rings. The predicted molar refractivity (Wildman–Crippen MR) is 89.0 cm³/mol. The summed E-state index contributed by atoms with van der Waals surface area (Å²) in [6.45, 7) is 4.43. The molecule has 2 fully saturated rings. The van der Waals surface area contributed by atoms with Crippen LogP contribution in [0, 0.1) is 0 Å². The lowest BCUT2D eigenvalue weighted by Crippen LogP contribution is -2.35. The van der Waals surface area contributed by atoms with Gasteiger partial charge in [-0.3, -0.25) is 0 Å². The van der Waals surface area contributed by atoms with Crippen LogP contribution < -0.4 is 14.8 Å². The van der Waals surface area contributed by atoms with Crippen LogP contribution in [-0.4, -0.2) is 51.3 Å². The van der Waals surface area contributed by atoms with Crippen molar-refractivity contribution < 1.29 is 9.47 Å². The van der Waals surface area contributed by atoms with Crippen molar-refractivity contribution in [1.82, 2.24) is 10.2 Å². The van der Waals surface area contributed by atoms with E-state index in [4.69, 9.17) is 9.47 Å². The van der Waals surface area contributed by atoms with Gasteiger partial charge < -0.3 is 19.7 Å². The van der Waals surface area contributed by atoms with E-state index < -0.39 is 0 Å². The first kappa shape index (κ1) is 15.6. The maximum absolute atomic E-state index is 6.20. The Morgan fingerprint density at radius 2 is 1.95 bits per heavy atom. The van der Waals surface area contributed by atoms with E-state index in [0.29, 0.717) is 12.0 Å². The molecule has 2 saturated heterocycles. The van der Waals surface area contributed by atoms with Crippen LogP contribution >= 0.6 is 0 Å². The van der Waals surface area contributed by atoms with Crippen LogP contribution in [0.2, 0.25) is 0 Å². The fraction of sp³-hybridized carbons (Fsp3) is 0.667. The molecule has 1 unspecified atom stereocenters. The molecule has 2 heterocycles. The second-order valence-corrected chi connectivity index (χ2v) is 6.57. The van der Waals surface area contributed by atoms with Crippen LogP contribution in [0.4, 0.5) is 0 Å². The van der Waals surface area contributed by atoms with E-state index in [1.54, 1.807) is 7.11 Å².